The molecule has 2 aromatic rings. The van der Waals surface area contributed by atoms with Gasteiger partial charge in [0.25, 0.3) is 0 Å². The Morgan fingerprint density at radius 3 is 2.43 bits per heavy atom. The number of hydrogen-bond donors (Lipinski definition) is 2. The summed E-state index contributed by atoms with van der Waals surface area (Å²) in [7, 11) is 0. The number of hydrogen-bond acceptors (Lipinski definition) is 3. The molecule has 2 amide bonds. The van der Waals surface area contributed by atoms with E-state index in [1.165, 1.54) is 6.07 Å². The van der Waals surface area contributed by atoms with Gasteiger partial charge in [-0.2, -0.15) is 13.2 Å². The molecule has 0 bridgehead atoms. The minimum Gasteiger partial charge on any atom is -0.486 e. The number of halogens is 3. The summed E-state index contributed by atoms with van der Waals surface area (Å²) in [5.74, 6) is 1.66. The number of rotatable bonds is 5. The Morgan fingerprint density at radius 2 is 1.73 bits per heavy atom. The number of benzene rings is 2. The Balaban J connectivity index is 1.44. The summed E-state index contributed by atoms with van der Waals surface area (Å²) < 4.78 is 50.0. The summed E-state index contributed by atoms with van der Waals surface area (Å²) in [6, 6.07) is 9.42. The van der Waals surface area contributed by atoms with Gasteiger partial charge in [0.15, 0.2) is 11.5 Å². The molecule has 1 saturated carbocycles. The van der Waals surface area contributed by atoms with E-state index in [-0.39, 0.29) is 6.04 Å². The first-order chi connectivity index (χ1) is 14.3. The molecule has 1 aliphatic carbocycles. The van der Waals surface area contributed by atoms with Crippen molar-refractivity contribution in [2.24, 2.45) is 5.92 Å². The molecule has 4 rings (SSSR count). The van der Waals surface area contributed by atoms with E-state index < -0.39 is 23.8 Å². The van der Waals surface area contributed by atoms with E-state index in [1.54, 1.807) is 13.0 Å². The number of carbonyl (C=O) groups is 1. The van der Waals surface area contributed by atoms with Crippen LogP contribution < -0.4 is 20.1 Å². The SMILES string of the molecule is CC(NC(=O)NC(c1ccc2c(c1)OCCO2)C1CC1)c1cccc(C(F)(F)F)c1. The zero-order valence-corrected chi connectivity index (χ0v) is 16.5. The van der Waals surface area contributed by atoms with Crippen LogP contribution in [-0.4, -0.2) is 19.2 Å². The molecule has 2 aromatic carbocycles. The van der Waals surface area contributed by atoms with Crippen molar-refractivity contribution < 1.29 is 27.4 Å². The van der Waals surface area contributed by atoms with Crippen LogP contribution >= 0.6 is 0 Å². The number of alkyl halides is 3. The van der Waals surface area contributed by atoms with Crippen LogP contribution in [0.5, 0.6) is 11.5 Å². The topological polar surface area (TPSA) is 59.6 Å². The number of urea groups is 1. The highest BCUT2D eigenvalue weighted by atomic mass is 19.4. The molecule has 0 radical (unpaired) electrons. The van der Waals surface area contributed by atoms with Crippen molar-refractivity contribution in [3.8, 4) is 11.5 Å². The summed E-state index contributed by atoms with van der Waals surface area (Å²) in [4.78, 5) is 12.6. The van der Waals surface area contributed by atoms with Crippen LogP contribution in [0.2, 0.25) is 0 Å². The van der Waals surface area contributed by atoms with Gasteiger partial charge in [0.05, 0.1) is 17.6 Å². The molecule has 0 saturated heterocycles. The molecule has 0 aromatic heterocycles. The second kappa shape index (κ2) is 8.08. The molecule has 0 spiro atoms. The maximum atomic E-state index is 13.0. The number of amides is 2. The van der Waals surface area contributed by atoms with Crippen LogP contribution in [0.15, 0.2) is 42.5 Å². The van der Waals surface area contributed by atoms with Crippen molar-refractivity contribution in [1.82, 2.24) is 10.6 Å². The molecule has 2 N–H and O–H groups in total. The quantitative estimate of drug-likeness (QED) is 0.717. The van der Waals surface area contributed by atoms with Gasteiger partial charge in [-0.3, -0.25) is 0 Å². The van der Waals surface area contributed by atoms with E-state index in [1.807, 2.05) is 18.2 Å². The molecular formula is C22H23F3N2O3. The van der Waals surface area contributed by atoms with E-state index in [0.717, 1.165) is 30.5 Å². The van der Waals surface area contributed by atoms with Crippen LogP contribution in [0.25, 0.3) is 0 Å². The number of carbonyl (C=O) groups excluding carboxylic acids is 1. The Hall–Kier alpha value is -2.90. The zero-order valence-electron chi connectivity index (χ0n) is 16.5. The Kier molecular flexibility index (Phi) is 5.49. The Morgan fingerprint density at radius 1 is 1.00 bits per heavy atom. The lowest BCUT2D eigenvalue weighted by Gasteiger charge is -2.24. The van der Waals surface area contributed by atoms with Gasteiger partial charge in [0.1, 0.15) is 13.2 Å². The van der Waals surface area contributed by atoms with Gasteiger partial charge >= 0.3 is 12.2 Å². The van der Waals surface area contributed by atoms with Crippen molar-refractivity contribution in [1.29, 1.82) is 0 Å². The van der Waals surface area contributed by atoms with Gasteiger partial charge < -0.3 is 20.1 Å². The first-order valence-electron chi connectivity index (χ1n) is 9.95. The van der Waals surface area contributed by atoms with E-state index in [4.69, 9.17) is 9.47 Å². The highest BCUT2D eigenvalue weighted by molar-refractivity contribution is 5.75. The van der Waals surface area contributed by atoms with Crippen LogP contribution in [-0.2, 0) is 6.18 Å². The van der Waals surface area contributed by atoms with Crippen molar-refractivity contribution in [3.05, 3.63) is 59.2 Å². The molecule has 160 valence electrons. The van der Waals surface area contributed by atoms with Crippen molar-refractivity contribution >= 4 is 6.03 Å². The third-order valence-electron chi connectivity index (χ3n) is 5.37. The van der Waals surface area contributed by atoms with Crippen LogP contribution in [0.3, 0.4) is 0 Å². The number of fused-ring (bicyclic) bond motifs is 1. The van der Waals surface area contributed by atoms with Gasteiger partial charge in [0.2, 0.25) is 0 Å². The summed E-state index contributed by atoms with van der Waals surface area (Å²) in [6.45, 7) is 2.64. The largest absolute Gasteiger partial charge is 0.486 e. The first kappa shape index (κ1) is 20.4. The van der Waals surface area contributed by atoms with Crippen molar-refractivity contribution in [2.75, 3.05) is 13.2 Å². The minimum absolute atomic E-state index is 0.200. The molecule has 2 atom stereocenters. The second-order valence-corrected chi connectivity index (χ2v) is 7.68. The zero-order chi connectivity index (χ0) is 21.3. The second-order valence-electron chi connectivity index (χ2n) is 7.68. The predicted octanol–water partition coefficient (Wildman–Crippen LogP) is 4.99. The van der Waals surface area contributed by atoms with E-state index in [2.05, 4.69) is 10.6 Å². The van der Waals surface area contributed by atoms with E-state index in [0.29, 0.717) is 36.2 Å². The Bertz CT molecular complexity index is 928. The van der Waals surface area contributed by atoms with Crippen molar-refractivity contribution in [2.45, 2.75) is 38.0 Å². The average molecular weight is 420 g/mol. The lowest BCUT2D eigenvalue weighted by Crippen LogP contribution is -2.40. The molecular weight excluding hydrogens is 397 g/mol. The van der Waals surface area contributed by atoms with Gasteiger partial charge in [0, 0.05) is 0 Å². The van der Waals surface area contributed by atoms with E-state index in [9.17, 15) is 18.0 Å². The normalized spacial score (nSPS) is 17.7. The predicted molar refractivity (Wildman–Crippen MR) is 104 cm³/mol. The molecule has 2 aliphatic rings. The molecule has 30 heavy (non-hydrogen) atoms. The molecule has 1 aliphatic heterocycles. The molecule has 5 nitrogen and oxygen atoms in total. The fourth-order valence-corrected chi connectivity index (χ4v) is 3.60. The molecule has 8 heteroatoms. The lowest BCUT2D eigenvalue weighted by molar-refractivity contribution is -0.137. The van der Waals surface area contributed by atoms with Gasteiger partial charge in [-0.25, -0.2) is 4.79 Å². The summed E-state index contributed by atoms with van der Waals surface area (Å²) in [5, 5.41) is 5.73. The average Bonchev–Trinajstić information content (AvgIpc) is 3.56. The standard InChI is InChI=1S/C22H23F3N2O3/c1-13(15-3-2-4-17(11-15)22(23,24)25)26-21(28)27-20(14-5-6-14)16-7-8-18-19(12-16)30-10-9-29-18/h2-4,7-8,11-14,20H,5-6,9-10H2,1H3,(H2,26,27,28). The Labute approximate surface area is 172 Å². The highest BCUT2D eigenvalue weighted by Gasteiger charge is 2.35. The maximum absolute atomic E-state index is 13.0. The maximum Gasteiger partial charge on any atom is 0.416 e. The van der Waals surface area contributed by atoms with Gasteiger partial charge in [-0.05, 0) is 61.1 Å². The summed E-state index contributed by atoms with van der Waals surface area (Å²) in [6.07, 6.45) is -2.42. The highest BCUT2D eigenvalue weighted by Crippen LogP contribution is 2.43. The van der Waals surface area contributed by atoms with Crippen molar-refractivity contribution in [3.63, 3.8) is 0 Å². The molecule has 1 fully saturated rings. The summed E-state index contributed by atoms with van der Waals surface area (Å²) >= 11 is 0. The van der Waals surface area contributed by atoms with Crippen LogP contribution in [0.1, 0.15) is 48.5 Å². The van der Waals surface area contributed by atoms with Crippen LogP contribution in [0, 0.1) is 5.92 Å². The fourth-order valence-electron chi connectivity index (χ4n) is 3.60. The van der Waals surface area contributed by atoms with Gasteiger partial charge in [-0.1, -0.05) is 18.2 Å². The van der Waals surface area contributed by atoms with E-state index >= 15 is 0 Å². The first-order valence-corrected chi connectivity index (χ1v) is 9.95. The summed E-state index contributed by atoms with van der Waals surface area (Å²) in [5.41, 5.74) is 0.576. The fraction of sp³-hybridized carbons (Fsp3) is 0.409. The number of nitrogens with one attached hydrogen (secondary N) is 2. The third kappa shape index (κ3) is 4.63. The monoisotopic (exact) mass is 420 g/mol. The smallest absolute Gasteiger partial charge is 0.416 e. The third-order valence-corrected chi connectivity index (χ3v) is 5.37. The van der Waals surface area contributed by atoms with Gasteiger partial charge in [-0.15, -0.1) is 0 Å². The number of ether oxygens (including phenoxy) is 2. The minimum atomic E-state index is -4.42. The molecule has 2 unspecified atom stereocenters. The van der Waals surface area contributed by atoms with Crippen LogP contribution in [0.4, 0.5) is 18.0 Å². The molecule has 1 heterocycles. The lowest BCUT2D eigenvalue weighted by atomic mass is 10.0.